The number of carbonyl (C=O) groups is 3. The predicted molar refractivity (Wildman–Crippen MR) is 101 cm³/mol. The second-order valence-corrected chi connectivity index (χ2v) is 6.52. The van der Waals surface area contributed by atoms with E-state index in [9.17, 15) is 14.4 Å². The third-order valence-electron chi connectivity index (χ3n) is 3.72. The van der Waals surface area contributed by atoms with Gasteiger partial charge in [-0.15, -0.1) is 0 Å². The fraction of sp³-hybridized carbons (Fsp3) is 0.286. The zero-order valence-corrected chi connectivity index (χ0v) is 15.2. The summed E-state index contributed by atoms with van der Waals surface area (Å²) in [6.07, 6.45) is 0.455. The molecule has 26 heavy (non-hydrogen) atoms. The highest BCUT2D eigenvalue weighted by Crippen LogP contribution is 2.15. The van der Waals surface area contributed by atoms with Gasteiger partial charge >= 0.3 is 0 Å². The van der Waals surface area contributed by atoms with Crippen LogP contribution in [0.3, 0.4) is 0 Å². The molecule has 5 nitrogen and oxygen atoms in total. The van der Waals surface area contributed by atoms with Gasteiger partial charge in [0.2, 0.25) is 5.91 Å². The molecule has 0 aliphatic rings. The van der Waals surface area contributed by atoms with Gasteiger partial charge in [-0.2, -0.15) is 0 Å². The molecule has 0 saturated carbocycles. The Hall–Kier alpha value is -2.95. The van der Waals surface area contributed by atoms with Crippen molar-refractivity contribution in [3.8, 4) is 5.75 Å². The molecule has 1 amide bonds. The molecule has 0 atom stereocenters. The molecule has 0 spiro atoms. The molecular weight excluding hydrogens is 330 g/mol. The summed E-state index contributed by atoms with van der Waals surface area (Å²) in [6, 6.07) is 13.4. The van der Waals surface area contributed by atoms with Crippen molar-refractivity contribution in [1.29, 1.82) is 0 Å². The number of rotatable bonds is 8. The molecule has 5 heteroatoms. The molecule has 0 aromatic heterocycles. The highest BCUT2D eigenvalue weighted by atomic mass is 16.5. The Morgan fingerprint density at radius 1 is 0.923 bits per heavy atom. The van der Waals surface area contributed by atoms with Crippen LogP contribution >= 0.6 is 0 Å². The summed E-state index contributed by atoms with van der Waals surface area (Å²) in [4.78, 5) is 35.2. The average molecular weight is 353 g/mol. The van der Waals surface area contributed by atoms with Gasteiger partial charge in [0.05, 0.1) is 0 Å². The predicted octanol–water partition coefficient (Wildman–Crippen LogP) is 4.14. The van der Waals surface area contributed by atoms with Gasteiger partial charge in [-0.05, 0) is 61.4 Å². The largest absolute Gasteiger partial charge is 0.485 e. The van der Waals surface area contributed by atoms with Gasteiger partial charge in [0.25, 0.3) is 0 Å². The minimum atomic E-state index is -0.166. The Labute approximate surface area is 153 Å². The molecule has 2 aromatic rings. The molecule has 1 N–H and O–H groups in total. The number of ether oxygens (including phenoxy) is 1. The number of amides is 1. The lowest BCUT2D eigenvalue weighted by Crippen LogP contribution is -2.14. The Bertz CT molecular complexity index is 777. The van der Waals surface area contributed by atoms with Crippen LogP contribution in [0.25, 0.3) is 0 Å². The number of carbonyl (C=O) groups excluding carboxylic acids is 3. The molecular formula is C21H23NO4. The number of anilines is 1. The third kappa shape index (κ3) is 5.84. The maximum atomic E-state index is 12.2. The van der Waals surface area contributed by atoms with Crippen molar-refractivity contribution in [2.75, 3.05) is 11.9 Å². The first-order valence-electron chi connectivity index (χ1n) is 8.52. The number of Topliss-reactive ketones (excluding diaryl/α,β-unsaturated/α-hetero) is 2. The lowest BCUT2D eigenvalue weighted by Gasteiger charge is -2.09. The summed E-state index contributed by atoms with van der Waals surface area (Å²) in [5, 5.41) is 2.80. The zero-order chi connectivity index (χ0) is 19.1. The van der Waals surface area contributed by atoms with Gasteiger partial charge in [-0.3, -0.25) is 14.4 Å². The van der Waals surface area contributed by atoms with Gasteiger partial charge in [-0.25, -0.2) is 0 Å². The fourth-order valence-electron chi connectivity index (χ4n) is 2.34. The first-order chi connectivity index (χ1) is 12.3. The zero-order valence-electron chi connectivity index (χ0n) is 15.2. The first kappa shape index (κ1) is 19.4. The van der Waals surface area contributed by atoms with Crippen LogP contribution < -0.4 is 10.1 Å². The van der Waals surface area contributed by atoms with Crippen LogP contribution in [0.2, 0.25) is 0 Å². The Morgan fingerprint density at radius 2 is 1.50 bits per heavy atom. The Kier molecular flexibility index (Phi) is 6.67. The number of benzene rings is 2. The summed E-state index contributed by atoms with van der Waals surface area (Å²) >= 11 is 0. The van der Waals surface area contributed by atoms with E-state index in [0.717, 1.165) is 0 Å². The monoisotopic (exact) mass is 353 g/mol. The minimum absolute atomic E-state index is 0.0202. The van der Waals surface area contributed by atoms with Crippen LogP contribution in [0, 0.1) is 5.92 Å². The van der Waals surface area contributed by atoms with Crippen LogP contribution in [0.15, 0.2) is 48.5 Å². The molecule has 0 saturated heterocycles. The van der Waals surface area contributed by atoms with Gasteiger partial charge < -0.3 is 10.1 Å². The maximum absolute atomic E-state index is 12.2. The minimum Gasteiger partial charge on any atom is -0.485 e. The highest BCUT2D eigenvalue weighted by Gasteiger charge is 2.09. The second kappa shape index (κ2) is 8.94. The van der Waals surface area contributed by atoms with Gasteiger partial charge in [0.1, 0.15) is 5.75 Å². The SMILES string of the molecule is CC(=O)c1ccc(OCC(=O)c2ccc(NC(=O)CC(C)C)cc2)cc1. The topological polar surface area (TPSA) is 72.5 Å². The van der Waals surface area contributed by atoms with Crippen LogP contribution in [0.5, 0.6) is 5.75 Å². The van der Waals surface area contributed by atoms with E-state index in [1.165, 1.54) is 6.92 Å². The Balaban J connectivity index is 1.89. The summed E-state index contributed by atoms with van der Waals surface area (Å²) < 4.78 is 5.46. The van der Waals surface area contributed by atoms with Crippen molar-refractivity contribution < 1.29 is 19.1 Å². The molecule has 136 valence electrons. The standard InChI is InChI=1S/C21H23NO4/c1-14(2)12-21(25)22-18-8-4-17(5-9-18)20(24)13-26-19-10-6-16(7-11-19)15(3)23/h4-11,14H,12-13H2,1-3H3,(H,22,25). The third-order valence-corrected chi connectivity index (χ3v) is 3.72. The molecule has 2 aromatic carbocycles. The number of hydrogen-bond donors (Lipinski definition) is 1. The van der Waals surface area contributed by atoms with E-state index in [1.54, 1.807) is 48.5 Å². The van der Waals surface area contributed by atoms with Crippen molar-refractivity contribution in [3.63, 3.8) is 0 Å². The smallest absolute Gasteiger partial charge is 0.224 e. The summed E-state index contributed by atoms with van der Waals surface area (Å²) in [6.45, 7) is 5.36. The maximum Gasteiger partial charge on any atom is 0.224 e. The lowest BCUT2D eigenvalue weighted by molar-refractivity contribution is -0.116. The molecule has 0 heterocycles. The van der Waals surface area contributed by atoms with Gasteiger partial charge in [-0.1, -0.05) is 13.8 Å². The highest BCUT2D eigenvalue weighted by molar-refractivity contribution is 5.98. The molecule has 0 radical (unpaired) electrons. The van der Waals surface area contributed by atoms with Crippen LogP contribution in [-0.4, -0.2) is 24.1 Å². The van der Waals surface area contributed by atoms with E-state index >= 15 is 0 Å². The molecule has 2 rings (SSSR count). The van der Waals surface area contributed by atoms with E-state index in [2.05, 4.69) is 5.32 Å². The van der Waals surface area contributed by atoms with E-state index < -0.39 is 0 Å². The number of ketones is 2. The lowest BCUT2D eigenvalue weighted by atomic mass is 10.1. The van der Waals surface area contributed by atoms with Gasteiger partial charge in [0.15, 0.2) is 18.2 Å². The normalized spacial score (nSPS) is 10.5. The summed E-state index contributed by atoms with van der Waals surface area (Å²) in [5.41, 5.74) is 1.76. The average Bonchev–Trinajstić information content (AvgIpc) is 2.60. The van der Waals surface area contributed by atoms with E-state index in [4.69, 9.17) is 4.74 Å². The van der Waals surface area contributed by atoms with Crippen LogP contribution in [0.1, 0.15) is 47.9 Å². The van der Waals surface area contributed by atoms with Crippen molar-refractivity contribution >= 4 is 23.2 Å². The molecule has 0 aliphatic carbocycles. The van der Waals surface area contributed by atoms with Crippen molar-refractivity contribution in [1.82, 2.24) is 0 Å². The van der Waals surface area contributed by atoms with Crippen molar-refractivity contribution in [3.05, 3.63) is 59.7 Å². The van der Waals surface area contributed by atoms with Crippen LogP contribution in [0.4, 0.5) is 5.69 Å². The van der Waals surface area contributed by atoms with E-state index in [-0.39, 0.29) is 30.0 Å². The van der Waals surface area contributed by atoms with Crippen LogP contribution in [-0.2, 0) is 4.79 Å². The number of hydrogen-bond acceptors (Lipinski definition) is 4. The molecule has 0 unspecified atom stereocenters. The molecule has 0 aliphatic heterocycles. The second-order valence-electron chi connectivity index (χ2n) is 6.52. The van der Waals surface area contributed by atoms with E-state index in [1.807, 2.05) is 13.8 Å². The first-order valence-corrected chi connectivity index (χ1v) is 8.52. The summed E-state index contributed by atoms with van der Waals surface area (Å²) in [5.74, 6) is 0.587. The summed E-state index contributed by atoms with van der Waals surface area (Å²) in [7, 11) is 0. The van der Waals surface area contributed by atoms with Gasteiger partial charge in [0, 0.05) is 23.2 Å². The van der Waals surface area contributed by atoms with E-state index in [0.29, 0.717) is 29.0 Å². The fourth-order valence-corrected chi connectivity index (χ4v) is 2.34. The quantitative estimate of drug-likeness (QED) is 0.724. The van der Waals surface area contributed by atoms with Crippen molar-refractivity contribution in [2.45, 2.75) is 27.2 Å². The molecule has 0 fully saturated rings. The number of nitrogens with one attached hydrogen (secondary N) is 1. The van der Waals surface area contributed by atoms with Crippen molar-refractivity contribution in [2.24, 2.45) is 5.92 Å². The molecule has 0 bridgehead atoms. The Morgan fingerprint density at radius 3 is 2.04 bits per heavy atom.